The van der Waals surface area contributed by atoms with Crippen LogP contribution in [0.25, 0.3) is 0 Å². The van der Waals surface area contributed by atoms with Crippen LogP contribution in [0.4, 0.5) is 5.82 Å². The van der Waals surface area contributed by atoms with Crippen molar-refractivity contribution >= 4 is 17.6 Å². The van der Waals surface area contributed by atoms with Crippen LogP contribution in [0.3, 0.4) is 0 Å². The maximum absolute atomic E-state index is 12.4. The average molecular weight is 368 g/mol. The lowest BCUT2D eigenvalue weighted by atomic mass is 10.2. The number of pyridine rings is 1. The van der Waals surface area contributed by atoms with Crippen LogP contribution < -0.4 is 19.7 Å². The largest absolute Gasteiger partial charge is 0.454 e. The summed E-state index contributed by atoms with van der Waals surface area (Å²) in [7, 11) is 0. The van der Waals surface area contributed by atoms with Crippen molar-refractivity contribution in [3.8, 4) is 11.5 Å². The van der Waals surface area contributed by atoms with E-state index in [0.29, 0.717) is 37.7 Å². The fourth-order valence-electron chi connectivity index (χ4n) is 3.13. The van der Waals surface area contributed by atoms with Gasteiger partial charge in [-0.15, -0.1) is 0 Å². The second kappa shape index (κ2) is 7.53. The van der Waals surface area contributed by atoms with Gasteiger partial charge in [-0.2, -0.15) is 0 Å². The van der Waals surface area contributed by atoms with Crippen molar-refractivity contribution in [1.29, 1.82) is 0 Å². The Bertz CT molecular complexity index is 835. The van der Waals surface area contributed by atoms with E-state index in [-0.39, 0.29) is 13.3 Å². The lowest BCUT2D eigenvalue weighted by Gasteiger charge is -2.35. The Hall–Kier alpha value is -3.29. The van der Waals surface area contributed by atoms with Crippen LogP contribution >= 0.6 is 0 Å². The minimum atomic E-state index is -0.598. The lowest BCUT2D eigenvalue weighted by molar-refractivity contribution is -0.146. The first kappa shape index (κ1) is 17.1. The Balaban J connectivity index is 1.28. The minimum absolute atomic E-state index is 0.202. The SMILES string of the molecule is O=C(NCc1ccc2c(c1)OCO2)C(=O)N1CCN(c2ccccn2)CC1. The van der Waals surface area contributed by atoms with Gasteiger partial charge in [-0.25, -0.2) is 4.98 Å². The lowest BCUT2D eigenvalue weighted by Crippen LogP contribution is -2.52. The minimum Gasteiger partial charge on any atom is -0.454 e. The normalized spacial score (nSPS) is 15.6. The molecule has 1 fully saturated rings. The third-order valence-electron chi connectivity index (χ3n) is 4.62. The summed E-state index contributed by atoms with van der Waals surface area (Å²) >= 11 is 0. The molecule has 3 heterocycles. The van der Waals surface area contributed by atoms with Gasteiger partial charge >= 0.3 is 11.8 Å². The topological polar surface area (TPSA) is 84.0 Å². The van der Waals surface area contributed by atoms with Crippen LogP contribution in [-0.2, 0) is 16.1 Å². The van der Waals surface area contributed by atoms with Gasteiger partial charge in [-0.3, -0.25) is 9.59 Å². The van der Waals surface area contributed by atoms with Gasteiger partial charge < -0.3 is 24.6 Å². The standard InChI is InChI=1S/C19H20N4O4/c24-18(21-12-14-4-5-15-16(11-14)27-13-26-15)19(25)23-9-7-22(8-10-23)17-3-1-2-6-20-17/h1-6,11H,7-10,12-13H2,(H,21,24). The van der Waals surface area contributed by atoms with Crippen molar-refractivity contribution in [1.82, 2.24) is 15.2 Å². The van der Waals surface area contributed by atoms with E-state index in [1.54, 1.807) is 23.2 Å². The van der Waals surface area contributed by atoms with E-state index >= 15 is 0 Å². The summed E-state index contributed by atoms with van der Waals surface area (Å²) in [5.74, 6) is 1.12. The Morgan fingerprint density at radius 1 is 1.04 bits per heavy atom. The molecule has 2 aromatic rings. The van der Waals surface area contributed by atoms with Crippen molar-refractivity contribution < 1.29 is 19.1 Å². The van der Waals surface area contributed by atoms with Gasteiger partial charge in [0.05, 0.1) is 0 Å². The fraction of sp³-hybridized carbons (Fsp3) is 0.316. The summed E-state index contributed by atoms with van der Waals surface area (Å²) in [5.41, 5.74) is 0.848. The molecule has 1 saturated heterocycles. The number of piperazine rings is 1. The number of hydrogen-bond acceptors (Lipinski definition) is 6. The number of fused-ring (bicyclic) bond motifs is 1. The van der Waals surface area contributed by atoms with Crippen molar-refractivity contribution in [2.24, 2.45) is 0 Å². The molecule has 2 aliphatic heterocycles. The van der Waals surface area contributed by atoms with Crippen molar-refractivity contribution in [3.05, 3.63) is 48.2 Å². The van der Waals surface area contributed by atoms with Crippen LogP contribution in [0.1, 0.15) is 5.56 Å². The number of ether oxygens (including phenoxy) is 2. The molecule has 1 N–H and O–H groups in total. The molecule has 0 saturated carbocycles. The van der Waals surface area contributed by atoms with Gasteiger partial charge in [-0.1, -0.05) is 12.1 Å². The second-order valence-electron chi connectivity index (χ2n) is 6.34. The first-order chi connectivity index (χ1) is 13.2. The van der Waals surface area contributed by atoms with E-state index in [9.17, 15) is 9.59 Å². The van der Waals surface area contributed by atoms with E-state index in [1.807, 2.05) is 24.3 Å². The number of rotatable bonds is 3. The molecule has 2 amide bonds. The molecule has 8 heteroatoms. The zero-order chi connectivity index (χ0) is 18.6. The van der Waals surface area contributed by atoms with Gasteiger partial charge in [-0.05, 0) is 29.8 Å². The molecule has 0 spiro atoms. The third-order valence-corrected chi connectivity index (χ3v) is 4.62. The Labute approximate surface area is 156 Å². The molecule has 0 aliphatic carbocycles. The summed E-state index contributed by atoms with van der Waals surface area (Å²) < 4.78 is 10.6. The molecular weight excluding hydrogens is 348 g/mol. The number of hydrogen-bond donors (Lipinski definition) is 1. The van der Waals surface area contributed by atoms with E-state index in [4.69, 9.17) is 9.47 Å². The second-order valence-corrected chi connectivity index (χ2v) is 6.34. The monoisotopic (exact) mass is 368 g/mol. The zero-order valence-electron chi connectivity index (χ0n) is 14.8. The molecule has 0 bridgehead atoms. The van der Waals surface area contributed by atoms with Crippen LogP contribution in [0.5, 0.6) is 11.5 Å². The fourth-order valence-corrected chi connectivity index (χ4v) is 3.13. The van der Waals surface area contributed by atoms with E-state index in [2.05, 4.69) is 15.2 Å². The van der Waals surface area contributed by atoms with Crippen LogP contribution in [-0.4, -0.2) is 54.7 Å². The third kappa shape index (κ3) is 3.79. The number of amides is 2. The maximum Gasteiger partial charge on any atom is 0.312 e. The molecule has 1 aromatic heterocycles. The van der Waals surface area contributed by atoms with Crippen LogP contribution in [0.2, 0.25) is 0 Å². The van der Waals surface area contributed by atoms with E-state index < -0.39 is 11.8 Å². The molecule has 140 valence electrons. The van der Waals surface area contributed by atoms with Gasteiger partial charge in [0.15, 0.2) is 11.5 Å². The summed E-state index contributed by atoms with van der Waals surface area (Å²) in [6, 6.07) is 11.2. The number of benzene rings is 1. The molecule has 0 atom stereocenters. The highest BCUT2D eigenvalue weighted by Gasteiger charge is 2.26. The molecule has 8 nitrogen and oxygen atoms in total. The van der Waals surface area contributed by atoms with Gasteiger partial charge in [0.1, 0.15) is 5.82 Å². The first-order valence-corrected chi connectivity index (χ1v) is 8.82. The highest BCUT2D eigenvalue weighted by Crippen LogP contribution is 2.32. The van der Waals surface area contributed by atoms with Gasteiger partial charge in [0, 0.05) is 38.9 Å². The predicted octanol–water partition coefficient (Wildman–Crippen LogP) is 0.775. The molecule has 4 rings (SSSR count). The molecular formula is C19H20N4O4. The van der Waals surface area contributed by atoms with Crippen molar-refractivity contribution in [2.45, 2.75) is 6.54 Å². The van der Waals surface area contributed by atoms with Crippen molar-refractivity contribution in [3.63, 3.8) is 0 Å². The Morgan fingerprint density at radius 3 is 2.63 bits per heavy atom. The maximum atomic E-state index is 12.4. The number of anilines is 1. The first-order valence-electron chi connectivity index (χ1n) is 8.82. The molecule has 0 radical (unpaired) electrons. The smallest absolute Gasteiger partial charge is 0.312 e. The number of nitrogens with one attached hydrogen (secondary N) is 1. The highest BCUT2D eigenvalue weighted by molar-refractivity contribution is 6.35. The van der Waals surface area contributed by atoms with Crippen molar-refractivity contribution in [2.75, 3.05) is 37.9 Å². The number of carbonyl (C=O) groups is 2. The highest BCUT2D eigenvalue weighted by atomic mass is 16.7. The van der Waals surface area contributed by atoms with E-state index in [0.717, 1.165) is 11.4 Å². The molecule has 27 heavy (non-hydrogen) atoms. The summed E-state index contributed by atoms with van der Waals surface area (Å²) in [6.45, 7) is 2.75. The Kier molecular flexibility index (Phi) is 4.78. The van der Waals surface area contributed by atoms with Crippen LogP contribution in [0, 0.1) is 0 Å². The average Bonchev–Trinajstić information content (AvgIpc) is 3.20. The zero-order valence-corrected chi connectivity index (χ0v) is 14.8. The van der Waals surface area contributed by atoms with Crippen LogP contribution in [0.15, 0.2) is 42.6 Å². The number of aromatic nitrogens is 1. The predicted molar refractivity (Wildman–Crippen MR) is 97.4 cm³/mol. The quantitative estimate of drug-likeness (QED) is 0.806. The summed E-state index contributed by atoms with van der Waals surface area (Å²) in [4.78, 5) is 32.6. The molecule has 0 unspecified atom stereocenters. The van der Waals surface area contributed by atoms with Gasteiger partial charge in [0.25, 0.3) is 0 Å². The molecule has 1 aromatic carbocycles. The molecule has 2 aliphatic rings. The number of nitrogens with zero attached hydrogens (tertiary/aromatic N) is 3. The number of carbonyl (C=O) groups excluding carboxylic acids is 2. The van der Waals surface area contributed by atoms with Gasteiger partial charge in [0.2, 0.25) is 6.79 Å². The summed E-state index contributed by atoms with van der Waals surface area (Å²) in [6.07, 6.45) is 1.75. The van der Waals surface area contributed by atoms with E-state index in [1.165, 1.54) is 0 Å². The Morgan fingerprint density at radius 2 is 1.85 bits per heavy atom. The summed E-state index contributed by atoms with van der Waals surface area (Å²) in [5, 5.41) is 2.68.